The van der Waals surface area contributed by atoms with Crippen LogP contribution in [0.15, 0.2) is 39.6 Å². The molecule has 1 aromatic carbocycles. The number of nitrogens with zero attached hydrogens (tertiary/aromatic N) is 1. The lowest BCUT2D eigenvalue weighted by atomic mass is 10.0. The standard InChI is InChI=1S/C14H13FN2O2/c1-16-13-5-3-10(14(15)17-13)12-7-8-6-9(18)2-4-11(8)19-12/h2,4,6-7,18H,3,5H2,1H3,(H,16,17)/i15-1. The minimum absolute atomic E-state index is 0.163. The molecule has 19 heavy (non-hydrogen) atoms. The van der Waals surface area contributed by atoms with Crippen LogP contribution in [0, 0.1) is 0 Å². The number of rotatable bonds is 1. The van der Waals surface area contributed by atoms with E-state index in [9.17, 15) is 9.50 Å². The molecule has 0 aliphatic carbocycles. The smallest absolute Gasteiger partial charge is 0.199 e. The van der Waals surface area contributed by atoms with Crippen LogP contribution in [0.2, 0.25) is 0 Å². The normalized spacial score (nSPS) is 18.1. The molecular weight excluding hydrogens is 246 g/mol. The third-order valence-electron chi connectivity index (χ3n) is 3.20. The molecule has 1 aromatic heterocycles. The summed E-state index contributed by atoms with van der Waals surface area (Å²) in [7, 11) is 1.63. The second kappa shape index (κ2) is 4.42. The summed E-state index contributed by atoms with van der Waals surface area (Å²) in [4.78, 5) is 3.95. The Hall–Kier alpha value is -2.30. The van der Waals surface area contributed by atoms with E-state index in [0.29, 0.717) is 35.6 Å². The number of phenolic OH excluding ortho intramolecular Hbond substituents is 1. The first kappa shape index (κ1) is 11.8. The van der Waals surface area contributed by atoms with Crippen molar-refractivity contribution in [3.63, 3.8) is 0 Å². The van der Waals surface area contributed by atoms with Gasteiger partial charge in [-0.05, 0) is 30.7 Å². The van der Waals surface area contributed by atoms with E-state index < -0.39 is 5.95 Å². The zero-order valence-corrected chi connectivity index (χ0v) is 10.4. The molecule has 0 amide bonds. The first-order chi connectivity index (χ1) is 9.17. The molecule has 0 atom stereocenters. The molecule has 1 aliphatic heterocycles. The highest BCUT2D eigenvalue weighted by molar-refractivity contribution is 5.90. The van der Waals surface area contributed by atoms with Gasteiger partial charge in [-0.25, -0.2) is 0 Å². The fourth-order valence-electron chi connectivity index (χ4n) is 2.20. The summed E-state index contributed by atoms with van der Waals surface area (Å²) in [6.07, 6.45) is 1.19. The Bertz CT molecular complexity index is 701. The summed E-state index contributed by atoms with van der Waals surface area (Å²) >= 11 is 0. The van der Waals surface area contributed by atoms with Crippen molar-refractivity contribution in [3.8, 4) is 5.75 Å². The molecule has 2 aromatic rings. The number of fused-ring (bicyclic) bond motifs is 1. The number of amidine groups is 1. The van der Waals surface area contributed by atoms with E-state index in [-0.39, 0.29) is 5.75 Å². The number of aromatic hydroxyl groups is 1. The van der Waals surface area contributed by atoms with Gasteiger partial charge in [0.25, 0.3) is 0 Å². The molecule has 0 saturated heterocycles. The quantitative estimate of drug-likeness (QED) is 0.773. The average Bonchev–Trinajstić information content (AvgIpc) is 2.81. The van der Waals surface area contributed by atoms with E-state index in [2.05, 4.69) is 10.3 Å². The molecule has 4 nitrogen and oxygen atoms in total. The van der Waals surface area contributed by atoms with Crippen LogP contribution in [0.5, 0.6) is 5.75 Å². The van der Waals surface area contributed by atoms with Crippen LogP contribution in [0.25, 0.3) is 16.5 Å². The van der Waals surface area contributed by atoms with Gasteiger partial charge >= 0.3 is 0 Å². The van der Waals surface area contributed by atoms with Gasteiger partial charge in [0.15, 0.2) is 5.95 Å². The summed E-state index contributed by atoms with van der Waals surface area (Å²) in [5, 5.41) is 12.8. The minimum atomic E-state index is -0.421. The Balaban J connectivity index is 2.05. The summed E-state index contributed by atoms with van der Waals surface area (Å²) in [5.74, 6) is 0.863. The average molecular weight is 259 g/mol. The maximum atomic E-state index is 14.0. The molecule has 5 heteroatoms. The molecular formula is C14H13FN2O2. The molecule has 0 bridgehead atoms. The van der Waals surface area contributed by atoms with Crippen LogP contribution in [0.3, 0.4) is 0 Å². The molecule has 98 valence electrons. The number of nitrogens with one attached hydrogen (secondary N) is 1. The molecule has 0 radical (unpaired) electrons. The summed E-state index contributed by atoms with van der Waals surface area (Å²) < 4.78 is 19.6. The van der Waals surface area contributed by atoms with Crippen molar-refractivity contribution in [1.29, 1.82) is 0 Å². The van der Waals surface area contributed by atoms with Gasteiger partial charge in [-0.3, -0.25) is 4.99 Å². The zero-order chi connectivity index (χ0) is 13.4. The first-order valence-electron chi connectivity index (χ1n) is 6.01. The molecule has 3 rings (SSSR count). The van der Waals surface area contributed by atoms with Gasteiger partial charge in [-0.2, -0.15) is 4.39 Å². The number of benzene rings is 1. The van der Waals surface area contributed by atoms with Gasteiger partial charge in [-0.1, -0.05) is 0 Å². The molecule has 0 spiro atoms. The molecule has 0 unspecified atom stereocenters. The van der Waals surface area contributed by atoms with Crippen LogP contribution >= 0.6 is 0 Å². The lowest BCUT2D eigenvalue weighted by molar-refractivity contribution is 0.475. The zero-order valence-electron chi connectivity index (χ0n) is 10.4. The fraction of sp³-hybridized carbons (Fsp3) is 0.214. The minimum Gasteiger partial charge on any atom is -0.508 e. The molecule has 2 heterocycles. The lowest BCUT2D eigenvalue weighted by Gasteiger charge is -2.16. The van der Waals surface area contributed by atoms with Crippen molar-refractivity contribution < 1.29 is 13.9 Å². The number of hydrogen-bond acceptors (Lipinski definition) is 3. The maximum absolute atomic E-state index is 14.0. The van der Waals surface area contributed by atoms with Crippen molar-refractivity contribution in [1.82, 2.24) is 5.32 Å². The first-order valence-corrected chi connectivity index (χ1v) is 6.01. The monoisotopic (exact) mass is 259 g/mol. The molecule has 0 saturated carbocycles. The molecule has 0 fully saturated rings. The van der Waals surface area contributed by atoms with Crippen LogP contribution in [-0.4, -0.2) is 18.0 Å². The van der Waals surface area contributed by atoms with Crippen molar-refractivity contribution >= 4 is 22.4 Å². The number of phenols is 1. The van der Waals surface area contributed by atoms with Gasteiger partial charge in [0.1, 0.15) is 22.9 Å². The largest absolute Gasteiger partial charge is 0.508 e. The second-order valence-corrected chi connectivity index (χ2v) is 4.42. The van der Waals surface area contributed by atoms with Crippen molar-refractivity contribution in [2.45, 2.75) is 12.8 Å². The molecule has 1 aliphatic rings. The highest BCUT2D eigenvalue weighted by Gasteiger charge is 2.20. The predicted molar refractivity (Wildman–Crippen MR) is 71.6 cm³/mol. The van der Waals surface area contributed by atoms with Gasteiger partial charge in [0.05, 0.1) is 0 Å². The Kier molecular flexibility index (Phi) is 2.74. The maximum Gasteiger partial charge on any atom is 0.199 e. The topological polar surface area (TPSA) is 57.8 Å². The summed E-state index contributed by atoms with van der Waals surface area (Å²) in [6.45, 7) is 0. The Morgan fingerprint density at radius 2 is 2.16 bits per heavy atom. The van der Waals surface area contributed by atoms with Crippen LogP contribution in [0.4, 0.5) is 4.39 Å². The van der Waals surface area contributed by atoms with E-state index >= 15 is 0 Å². The third-order valence-corrected chi connectivity index (χ3v) is 3.20. The van der Waals surface area contributed by atoms with Crippen molar-refractivity contribution in [2.75, 3.05) is 7.05 Å². The number of furan rings is 1. The van der Waals surface area contributed by atoms with Crippen LogP contribution < -0.4 is 5.32 Å². The summed E-state index contributed by atoms with van der Waals surface area (Å²) in [5.41, 5.74) is 1.13. The van der Waals surface area contributed by atoms with Crippen molar-refractivity contribution in [3.05, 3.63) is 36.0 Å². The second-order valence-electron chi connectivity index (χ2n) is 4.42. The lowest BCUT2D eigenvalue weighted by Crippen LogP contribution is -2.25. The Labute approximate surface area is 109 Å². The number of allylic oxidation sites excluding steroid dienone is 1. The van der Waals surface area contributed by atoms with Crippen molar-refractivity contribution in [2.24, 2.45) is 4.99 Å². The highest BCUT2D eigenvalue weighted by atomic mass is 18.2. The number of hydrogen-bond donors (Lipinski definition) is 2. The van der Waals surface area contributed by atoms with Crippen LogP contribution in [-0.2, 0) is 0 Å². The van der Waals surface area contributed by atoms with E-state index in [1.165, 1.54) is 0 Å². The number of aliphatic imine (C=N–C) groups is 1. The van der Waals surface area contributed by atoms with E-state index in [1.807, 2.05) is 0 Å². The van der Waals surface area contributed by atoms with E-state index in [0.717, 1.165) is 5.39 Å². The van der Waals surface area contributed by atoms with Gasteiger partial charge in [0, 0.05) is 24.4 Å². The number of halogens is 1. The van der Waals surface area contributed by atoms with Gasteiger partial charge in [-0.15, -0.1) is 0 Å². The van der Waals surface area contributed by atoms with Crippen LogP contribution in [0.1, 0.15) is 18.6 Å². The molecule has 2 N–H and O–H groups in total. The summed E-state index contributed by atoms with van der Waals surface area (Å²) in [6, 6.07) is 6.54. The Morgan fingerprint density at radius 1 is 1.32 bits per heavy atom. The highest BCUT2D eigenvalue weighted by Crippen LogP contribution is 2.32. The van der Waals surface area contributed by atoms with Gasteiger partial charge in [0.2, 0.25) is 0 Å². The SMILES string of the molecule is CN=C1CCC(c2cc3cc(O)ccc3o2)=C([18F])N1. The predicted octanol–water partition coefficient (Wildman–Crippen LogP) is 3.19. The van der Waals surface area contributed by atoms with Gasteiger partial charge < -0.3 is 14.8 Å². The van der Waals surface area contributed by atoms with E-state index in [4.69, 9.17) is 4.42 Å². The third kappa shape index (κ3) is 2.07. The fourth-order valence-corrected chi connectivity index (χ4v) is 2.20. The van der Waals surface area contributed by atoms with E-state index in [1.54, 1.807) is 31.3 Å². The Morgan fingerprint density at radius 3 is 2.89 bits per heavy atom.